The van der Waals surface area contributed by atoms with Crippen LogP contribution in [-0.4, -0.2) is 32.1 Å². The summed E-state index contributed by atoms with van der Waals surface area (Å²) in [6.45, 7) is 0. The molecule has 0 saturated carbocycles. The molecule has 0 aromatic carbocycles. The molecular formula is H3Na3O7S3. The molecule has 0 unspecified atom stereocenters. The SMILES string of the molecule is O=S(O)(O)=S.O=S([O-])[O-].[Na+].[Na+].[Na+].[OH-]. The summed E-state index contributed by atoms with van der Waals surface area (Å²) in [6, 6.07) is 0. The van der Waals surface area contributed by atoms with E-state index in [4.69, 9.17) is 26.6 Å². The molecular weight excluding hydrogens is 277 g/mol. The Hall–Kier alpha value is 3.32. The first kappa shape index (κ1) is 36.0. The van der Waals surface area contributed by atoms with E-state index >= 15 is 0 Å². The zero-order valence-electron chi connectivity index (χ0n) is 7.20. The van der Waals surface area contributed by atoms with Crippen molar-refractivity contribution < 1.29 is 121 Å². The Morgan fingerprint density at radius 1 is 1.15 bits per heavy atom. The summed E-state index contributed by atoms with van der Waals surface area (Å²) in [7, 11) is -3.83. The van der Waals surface area contributed by atoms with E-state index in [9.17, 15) is 0 Å². The molecule has 0 fully saturated rings. The van der Waals surface area contributed by atoms with E-state index < -0.39 is 20.4 Å². The maximum absolute atomic E-state index is 9.11. The minimum atomic E-state index is -3.83. The number of hydrogen-bond donors (Lipinski definition) is 2. The Labute approximate surface area is 149 Å². The fourth-order valence-corrected chi connectivity index (χ4v) is 0. The number of hydrogen-bond acceptors (Lipinski definition) is 6. The van der Waals surface area contributed by atoms with Crippen molar-refractivity contribution in [2.45, 2.75) is 0 Å². The van der Waals surface area contributed by atoms with Gasteiger partial charge in [0.15, 0.2) is 0 Å². The smallest absolute Gasteiger partial charge is 0.870 e. The summed E-state index contributed by atoms with van der Waals surface area (Å²) >= 11 is 0.354. The second-order valence-electron chi connectivity index (χ2n) is 0.652. The predicted molar refractivity (Wildman–Crippen MR) is 32.4 cm³/mol. The van der Waals surface area contributed by atoms with Crippen LogP contribution in [0.3, 0.4) is 0 Å². The van der Waals surface area contributed by atoms with Gasteiger partial charge >= 0.3 is 88.7 Å². The van der Waals surface area contributed by atoms with E-state index in [0.29, 0.717) is 0 Å². The van der Waals surface area contributed by atoms with Crippen LogP contribution in [0.5, 0.6) is 0 Å². The third kappa shape index (κ3) is 247. The second kappa shape index (κ2) is 20.7. The molecule has 0 heterocycles. The largest absolute Gasteiger partial charge is 1.00 e. The Morgan fingerprint density at radius 2 is 1.15 bits per heavy atom. The molecule has 0 amide bonds. The monoisotopic (exact) mass is 280 g/mol. The summed E-state index contributed by atoms with van der Waals surface area (Å²) < 4.78 is 49.3. The van der Waals surface area contributed by atoms with Gasteiger partial charge in [0.05, 0.1) is 0 Å². The second-order valence-corrected chi connectivity index (χ2v) is 3.26. The van der Waals surface area contributed by atoms with Crippen molar-refractivity contribution >= 4 is 31.6 Å². The van der Waals surface area contributed by atoms with Gasteiger partial charge in [0.1, 0.15) is 0 Å². The van der Waals surface area contributed by atoms with Crippen LogP contribution in [0.4, 0.5) is 0 Å². The van der Waals surface area contributed by atoms with Gasteiger partial charge in [-0.2, -0.15) is 4.21 Å². The van der Waals surface area contributed by atoms with Crippen molar-refractivity contribution in [3.8, 4) is 0 Å². The minimum Gasteiger partial charge on any atom is -0.870 e. The third-order valence-electron chi connectivity index (χ3n) is 0. The topological polar surface area (TPSA) is 151 Å². The first-order valence-corrected chi connectivity index (χ1v) is 4.60. The van der Waals surface area contributed by atoms with E-state index in [1.54, 1.807) is 0 Å². The first-order valence-electron chi connectivity index (χ1n) is 1.20. The van der Waals surface area contributed by atoms with Crippen LogP contribution in [-0.2, 0) is 31.6 Å². The molecule has 0 aliphatic heterocycles. The van der Waals surface area contributed by atoms with Gasteiger partial charge < -0.3 is 14.6 Å². The van der Waals surface area contributed by atoms with Gasteiger partial charge in [-0.15, -0.1) is 11.4 Å². The van der Waals surface area contributed by atoms with Gasteiger partial charge in [-0.05, 0) is 0 Å². The molecule has 0 saturated heterocycles. The zero-order chi connectivity index (χ0) is 8.08. The summed E-state index contributed by atoms with van der Waals surface area (Å²) in [4.78, 5) is 0. The summed E-state index contributed by atoms with van der Waals surface area (Å²) in [5, 5.41) is 0. The zero-order valence-corrected chi connectivity index (χ0v) is 15.6. The van der Waals surface area contributed by atoms with Crippen molar-refractivity contribution in [1.29, 1.82) is 0 Å². The predicted octanol–water partition coefficient (Wildman–Crippen LogP) is -10.5. The van der Waals surface area contributed by atoms with Crippen molar-refractivity contribution in [3.05, 3.63) is 0 Å². The molecule has 0 aliphatic carbocycles. The van der Waals surface area contributed by atoms with Crippen LogP contribution in [0.25, 0.3) is 0 Å². The van der Waals surface area contributed by atoms with Crippen molar-refractivity contribution in [1.82, 2.24) is 0 Å². The summed E-state index contributed by atoms with van der Waals surface area (Å²) in [5.74, 6) is 0. The van der Waals surface area contributed by atoms with Gasteiger partial charge in [0.2, 0.25) is 0 Å². The molecule has 13 heteroatoms. The maximum Gasteiger partial charge on any atom is 1.00 e. The van der Waals surface area contributed by atoms with E-state index in [0.717, 1.165) is 0 Å². The average molecular weight is 280 g/mol. The first-order chi connectivity index (χ1) is 3.73. The van der Waals surface area contributed by atoms with Crippen LogP contribution < -0.4 is 88.7 Å². The van der Waals surface area contributed by atoms with E-state index in [1.165, 1.54) is 0 Å². The maximum atomic E-state index is 9.11. The molecule has 0 aromatic heterocycles. The standard InChI is InChI=1S/3Na.H2O3S2.H2O3S.H2O/c;;;1-5(2,3)4;1-4(2)3;/h;;;(H2,1,2,3,4);(H2,1,2,3);1H2/q3*+1;;;/p-3. The Balaban J connectivity index is -0.0000000146. The Morgan fingerprint density at radius 3 is 1.15 bits per heavy atom. The van der Waals surface area contributed by atoms with Crippen molar-refractivity contribution in [3.63, 3.8) is 0 Å². The Bertz CT molecular complexity index is 161. The van der Waals surface area contributed by atoms with Crippen LogP contribution in [0.2, 0.25) is 0 Å². The van der Waals surface area contributed by atoms with Crippen LogP contribution in [0.1, 0.15) is 0 Å². The normalized spacial score (nSPS) is 7.15. The van der Waals surface area contributed by atoms with Gasteiger partial charge in [-0.25, -0.2) is 0 Å². The average Bonchev–Trinajstić information content (AvgIpc) is 1.19. The fourth-order valence-electron chi connectivity index (χ4n) is 0. The molecule has 0 atom stereocenters. The van der Waals surface area contributed by atoms with E-state index in [-0.39, 0.29) is 94.1 Å². The summed E-state index contributed by atoms with van der Waals surface area (Å²) in [5.41, 5.74) is 0. The molecule has 0 rings (SSSR count). The Kier molecular flexibility index (Phi) is 57.3. The molecule has 0 aliphatic rings. The van der Waals surface area contributed by atoms with Gasteiger partial charge in [0, 0.05) is 11.2 Å². The molecule has 0 radical (unpaired) electrons. The molecule has 3 N–H and O–H groups in total. The third-order valence-corrected chi connectivity index (χ3v) is 0. The van der Waals surface area contributed by atoms with E-state index in [1.807, 2.05) is 0 Å². The molecule has 7 nitrogen and oxygen atoms in total. The quantitative estimate of drug-likeness (QED) is 0.328. The van der Waals surface area contributed by atoms with Gasteiger partial charge in [0.25, 0.3) is 9.05 Å². The van der Waals surface area contributed by atoms with Gasteiger partial charge in [-0.3, -0.25) is 13.3 Å². The summed E-state index contributed by atoms with van der Waals surface area (Å²) in [6.07, 6.45) is 0. The van der Waals surface area contributed by atoms with E-state index in [2.05, 4.69) is 11.2 Å². The molecule has 0 spiro atoms. The number of rotatable bonds is 0. The van der Waals surface area contributed by atoms with Crippen molar-refractivity contribution in [2.75, 3.05) is 0 Å². The van der Waals surface area contributed by atoms with Crippen molar-refractivity contribution in [2.24, 2.45) is 0 Å². The molecule has 66 valence electrons. The van der Waals surface area contributed by atoms with Crippen LogP contribution in [0, 0.1) is 0 Å². The molecule has 0 bridgehead atoms. The van der Waals surface area contributed by atoms with Crippen LogP contribution in [0.15, 0.2) is 0 Å². The fraction of sp³-hybridized carbons (Fsp3) is 0. The van der Waals surface area contributed by atoms with Gasteiger partial charge in [-0.1, -0.05) is 0 Å². The minimum absolute atomic E-state index is 0. The molecule has 13 heavy (non-hydrogen) atoms. The molecule has 0 aromatic rings. The van der Waals surface area contributed by atoms with Crippen LogP contribution >= 0.6 is 0 Å².